The standard InChI is InChI=1S/C15H22N4O2/c20-14(18-11-4-2-1-3-5-11)10-19-15(21)8-13(9-16-19)17-12-6-7-12/h8-9,11-12,17H,1-7,10H2,(H,18,20). The maximum absolute atomic E-state index is 12.0. The van der Waals surface area contributed by atoms with Crippen molar-refractivity contribution in [2.75, 3.05) is 5.32 Å². The van der Waals surface area contributed by atoms with Gasteiger partial charge in [0.1, 0.15) is 6.54 Å². The van der Waals surface area contributed by atoms with E-state index >= 15 is 0 Å². The predicted octanol–water partition coefficient (Wildman–Crippen LogP) is 1.27. The average Bonchev–Trinajstić information content (AvgIpc) is 3.27. The van der Waals surface area contributed by atoms with Gasteiger partial charge in [0.05, 0.1) is 11.9 Å². The van der Waals surface area contributed by atoms with Gasteiger partial charge in [0.2, 0.25) is 5.91 Å². The summed E-state index contributed by atoms with van der Waals surface area (Å²) in [6.45, 7) is -0.000950. The fourth-order valence-corrected chi connectivity index (χ4v) is 2.75. The number of amides is 1. The maximum Gasteiger partial charge on any atom is 0.269 e. The van der Waals surface area contributed by atoms with E-state index in [1.54, 1.807) is 6.20 Å². The lowest BCUT2D eigenvalue weighted by Crippen LogP contribution is -2.40. The van der Waals surface area contributed by atoms with E-state index in [1.807, 2.05) is 0 Å². The van der Waals surface area contributed by atoms with Gasteiger partial charge in [-0.05, 0) is 25.7 Å². The highest BCUT2D eigenvalue weighted by Gasteiger charge is 2.21. The van der Waals surface area contributed by atoms with Crippen molar-refractivity contribution >= 4 is 11.6 Å². The molecule has 6 heteroatoms. The molecule has 0 aromatic carbocycles. The Morgan fingerprint density at radius 1 is 1.19 bits per heavy atom. The highest BCUT2D eigenvalue weighted by atomic mass is 16.2. The molecule has 2 aliphatic rings. The molecule has 1 heterocycles. The minimum Gasteiger partial charge on any atom is -0.381 e. The van der Waals surface area contributed by atoms with Crippen LogP contribution in [0.15, 0.2) is 17.1 Å². The van der Waals surface area contributed by atoms with Crippen molar-refractivity contribution in [3.63, 3.8) is 0 Å². The van der Waals surface area contributed by atoms with Crippen molar-refractivity contribution in [1.29, 1.82) is 0 Å². The van der Waals surface area contributed by atoms with Crippen molar-refractivity contribution < 1.29 is 4.79 Å². The van der Waals surface area contributed by atoms with Crippen molar-refractivity contribution in [2.45, 2.75) is 63.6 Å². The van der Waals surface area contributed by atoms with Gasteiger partial charge in [-0.2, -0.15) is 5.10 Å². The second kappa shape index (κ2) is 6.28. The Balaban J connectivity index is 1.55. The van der Waals surface area contributed by atoms with Crippen molar-refractivity contribution in [2.24, 2.45) is 0 Å². The number of rotatable bonds is 5. The smallest absolute Gasteiger partial charge is 0.269 e. The van der Waals surface area contributed by atoms with Crippen LogP contribution in [-0.2, 0) is 11.3 Å². The van der Waals surface area contributed by atoms with Crippen LogP contribution in [0, 0.1) is 0 Å². The predicted molar refractivity (Wildman–Crippen MR) is 80.2 cm³/mol. The summed E-state index contributed by atoms with van der Waals surface area (Å²) in [5.74, 6) is -0.126. The summed E-state index contributed by atoms with van der Waals surface area (Å²) in [5.41, 5.74) is 0.505. The number of nitrogens with one attached hydrogen (secondary N) is 2. The summed E-state index contributed by atoms with van der Waals surface area (Å²) >= 11 is 0. The molecule has 1 amide bonds. The molecule has 0 unspecified atom stereocenters. The first-order valence-electron chi connectivity index (χ1n) is 7.84. The van der Waals surface area contributed by atoms with Crippen molar-refractivity contribution in [3.05, 3.63) is 22.6 Å². The highest BCUT2D eigenvalue weighted by Crippen LogP contribution is 2.23. The second-order valence-corrected chi connectivity index (χ2v) is 6.06. The van der Waals surface area contributed by atoms with Crippen molar-refractivity contribution in [3.8, 4) is 0 Å². The quantitative estimate of drug-likeness (QED) is 0.856. The van der Waals surface area contributed by atoms with E-state index in [1.165, 1.54) is 30.0 Å². The van der Waals surface area contributed by atoms with Crippen LogP contribution in [0.1, 0.15) is 44.9 Å². The van der Waals surface area contributed by atoms with E-state index in [4.69, 9.17) is 0 Å². The topological polar surface area (TPSA) is 76.0 Å². The van der Waals surface area contributed by atoms with Gasteiger partial charge in [-0.3, -0.25) is 9.59 Å². The Bertz CT molecular complexity index is 559. The molecule has 114 valence electrons. The zero-order chi connectivity index (χ0) is 14.7. The number of carbonyl (C=O) groups excluding carboxylic acids is 1. The number of nitrogens with zero attached hydrogens (tertiary/aromatic N) is 2. The van der Waals surface area contributed by atoms with Gasteiger partial charge in [-0.1, -0.05) is 19.3 Å². The Labute approximate surface area is 123 Å². The maximum atomic E-state index is 12.0. The molecule has 1 aromatic heterocycles. The summed E-state index contributed by atoms with van der Waals surface area (Å²) in [6, 6.07) is 2.26. The number of anilines is 1. The zero-order valence-electron chi connectivity index (χ0n) is 12.2. The third kappa shape index (κ3) is 4.06. The first kappa shape index (κ1) is 14.1. The van der Waals surface area contributed by atoms with Crippen LogP contribution in [-0.4, -0.2) is 27.8 Å². The van der Waals surface area contributed by atoms with E-state index in [2.05, 4.69) is 15.7 Å². The molecule has 6 nitrogen and oxygen atoms in total. The van der Waals surface area contributed by atoms with Crippen LogP contribution in [0.3, 0.4) is 0 Å². The number of carbonyl (C=O) groups is 1. The van der Waals surface area contributed by atoms with E-state index in [9.17, 15) is 9.59 Å². The lowest BCUT2D eigenvalue weighted by molar-refractivity contribution is -0.122. The fourth-order valence-electron chi connectivity index (χ4n) is 2.75. The highest BCUT2D eigenvalue weighted by molar-refractivity contribution is 5.75. The third-order valence-electron chi connectivity index (χ3n) is 4.08. The van der Waals surface area contributed by atoms with Crippen molar-refractivity contribution in [1.82, 2.24) is 15.1 Å². The molecule has 21 heavy (non-hydrogen) atoms. The normalized spacial score (nSPS) is 19.2. The lowest BCUT2D eigenvalue weighted by Gasteiger charge is -2.22. The molecule has 3 rings (SSSR count). The Morgan fingerprint density at radius 2 is 1.95 bits per heavy atom. The fraction of sp³-hybridized carbons (Fsp3) is 0.667. The number of aromatic nitrogens is 2. The van der Waals surface area contributed by atoms with E-state index in [0.717, 1.165) is 31.4 Å². The average molecular weight is 290 g/mol. The summed E-state index contributed by atoms with van der Waals surface area (Å²) < 4.78 is 1.22. The van der Waals surface area contributed by atoms with Crippen LogP contribution in [0.25, 0.3) is 0 Å². The van der Waals surface area contributed by atoms with E-state index in [-0.39, 0.29) is 24.1 Å². The lowest BCUT2D eigenvalue weighted by atomic mass is 9.95. The monoisotopic (exact) mass is 290 g/mol. The third-order valence-corrected chi connectivity index (χ3v) is 4.08. The molecular weight excluding hydrogens is 268 g/mol. The molecule has 2 aliphatic carbocycles. The van der Waals surface area contributed by atoms with Gasteiger partial charge in [0.25, 0.3) is 5.56 Å². The van der Waals surface area contributed by atoms with E-state index < -0.39 is 0 Å². The molecule has 0 saturated heterocycles. The summed E-state index contributed by atoms with van der Waals surface area (Å²) in [4.78, 5) is 23.9. The molecule has 1 aromatic rings. The molecule has 2 fully saturated rings. The molecule has 0 atom stereocenters. The van der Waals surface area contributed by atoms with E-state index in [0.29, 0.717) is 6.04 Å². The van der Waals surface area contributed by atoms with Crippen LogP contribution < -0.4 is 16.2 Å². The van der Waals surface area contributed by atoms with Gasteiger partial charge in [0.15, 0.2) is 0 Å². The van der Waals surface area contributed by atoms with Crippen LogP contribution in [0.5, 0.6) is 0 Å². The molecule has 2 saturated carbocycles. The van der Waals surface area contributed by atoms with Crippen LogP contribution in [0.4, 0.5) is 5.69 Å². The molecular formula is C15H22N4O2. The van der Waals surface area contributed by atoms with Gasteiger partial charge in [-0.25, -0.2) is 4.68 Å². The summed E-state index contributed by atoms with van der Waals surface area (Å²) in [6.07, 6.45) is 9.59. The zero-order valence-corrected chi connectivity index (χ0v) is 12.2. The molecule has 2 N–H and O–H groups in total. The van der Waals surface area contributed by atoms with Gasteiger partial charge >= 0.3 is 0 Å². The Hall–Kier alpha value is -1.85. The summed E-state index contributed by atoms with van der Waals surface area (Å²) in [7, 11) is 0. The molecule has 0 radical (unpaired) electrons. The Kier molecular flexibility index (Phi) is 4.22. The van der Waals surface area contributed by atoms with Gasteiger partial charge < -0.3 is 10.6 Å². The van der Waals surface area contributed by atoms with Crippen LogP contribution >= 0.6 is 0 Å². The second-order valence-electron chi connectivity index (χ2n) is 6.06. The summed E-state index contributed by atoms with van der Waals surface area (Å²) in [5, 5.41) is 10.3. The first-order chi connectivity index (χ1) is 10.2. The van der Waals surface area contributed by atoms with Gasteiger partial charge in [-0.15, -0.1) is 0 Å². The SMILES string of the molecule is O=C(Cn1ncc(NC2CC2)cc1=O)NC1CCCCC1. The molecule has 0 aliphatic heterocycles. The first-order valence-corrected chi connectivity index (χ1v) is 7.84. The number of hydrogen-bond donors (Lipinski definition) is 2. The van der Waals surface area contributed by atoms with Gasteiger partial charge in [0, 0.05) is 18.2 Å². The minimum absolute atomic E-state index is 0.000950. The number of hydrogen-bond acceptors (Lipinski definition) is 4. The minimum atomic E-state index is -0.237. The molecule has 0 spiro atoms. The Morgan fingerprint density at radius 3 is 2.62 bits per heavy atom. The largest absolute Gasteiger partial charge is 0.381 e. The van der Waals surface area contributed by atoms with Crippen LogP contribution in [0.2, 0.25) is 0 Å². The molecule has 0 bridgehead atoms.